The van der Waals surface area contributed by atoms with Gasteiger partial charge in [0.1, 0.15) is 5.82 Å². The largest absolute Gasteiger partial charge is 0.360 e. The Bertz CT molecular complexity index is 844. The van der Waals surface area contributed by atoms with E-state index in [1.807, 2.05) is 37.3 Å². The monoisotopic (exact) mass is 525 g/mol. The van der Waals surface area contributed by atoms with E-state index in [1.54, 1.807) is 12.1 Å². The number of guanidine groups is 1. The molecule has 8 heteroatoms. The van der Waals surface area contributed by atoms with E-state index in [0.29, 0.717) is 44.1 Å². The van der Waals surface area contributed by atoms with Crippen molar-refractivity contribution in [1.82, 2.24) is 16.0 Å². The highest BCUT2D eigenvalue weighted by Gasteiger charge is 2.16. The summed E-state index contributed by atoms with van der Waals surface area (Å²) in [4.78, 5) is 18.2. The van der Waals surface area contributed by atoms with Gasteiger partial charge in [0.25, 0.3) is 0 Å². The molecule has 0 unspecified atom stereocenters. The molecule has 2 aromatic rings. The summed E-state index contributed by atoms with van der Waals surface area (Å²) in [6.07, 6.45) is 0.592. The zero-order valence-corrected chi connectivity index (χ0v) is 19.5. The number of carbonyl (C=O) groups is 1. The van der Waals surface area contributed by atoms with Gasteiger partial charge in [0.05, 0.1) is 13.1 Å². The van der Waals surface area contributed by atoms with Crippen LogP contribution >= 0.6 is 24.0 Å². The van der Waals surface area contributed by atoms with Gasteiger partial charge in [-0.2, -0.15) is 0 Å². The van der Waals surface area contributed by atoms with E-state index in [4.69, 9.17) is 0 Å². The second-order valence-corrected chi connectivity index (χ2v) is 6.90. The van der Waals surface area contributed by atoms with E-state index in [2.05, 4.69) is 25.8 Å². The maximum atomic E-state index is 13.7. The van der Waals surface area contributed by atoms with E-state index in [-0.39, 0.29) is 35.7 Å². The summed E-state index contributed by atoms with van der Waals surface area (Å²) in [5, 5.41) is 9.30. The van der Waals surface area contributed by atoms with Gasteiger partial charge in [-0.1, -0.05) is 30.3 Å². The maximum Gasteiger partial charge on any atom is 0.239 e. The van der Waals surface area contributed by atoms with Crippen molar-refractivity contribution in [2.24, 2.45) is 4.99 Å². The zero-order chi connectivity index (χ0) is 20.5. The molecule has 1 saturated heterocycles. The molecule has 0 saturated carbocycles. The standard InChI is InChI=1S/C22H28FN5O.HI/c1-2-24-22(26-12-11-18-5-3-4-6-20(18)23)27-15-17-7-9-19(10-8-17)28-14-13-25-21(29)16-28;/h3-10H,2,11-16H2,1H3,(H,25,29)(H2,24,26,27);1H. The number of carbonyl (C=O) groups excluding carboxylic acids is 1. The number of hydrogen-bond acceptors (Lipinski definition) is 3. The fraction of sp³-hybridized carbons (Fsp3) is 0.364. The van der Waals surface area contributed by atoms with Gasteiger partial charge in [-0.25, -0.2) is 9.38 Å². The summed E-state index contributed by atoms with van der Waals surface area (Å²) in [6.45, 7) is 5.79. The number of amides is 1. The van der Waals surface area contributed by atoms with Crippen molar-refractivity contribution in [3.63, 3.8) is 0 Å². The van der Waals surface area contributed by atoms with Crippen LogP contribution in [0, 0.1) is 5.82 Å². The van der Waals surface area contributed by atoms with Crippen molar-refractivity contribution < 1.29 is 9.18 Å². The first-order valence-corrected chi connectivity index (χ1v) is 10.0. The van der Waals surface area contributed by atoms with Crippen molar-refractivity contribution >= 4 is 41.5 Å². The van der Waals surface area contributed by atoms with E-state index in [9.17, 15) is 9.18 Å². The number of nitrogens with zero attached hydrogens (tertiary/aromatic N) is 2. The van der Waals surface area contributed by atoms with E-state index in [1.165, 1.54) is 6.07 Å². The number of anilines is 1. The summed E-state index contributed by atoms with van der Waals surface area (Å²) in [5.41, 5.74) is 2.82. The molecule has 0 bridgehead atoms. The summed E-state index contributed by atoms with van der Waals surface area (Å²) < 4.78 is 13.7. The average molecular weight is 525 g/mol. The first-order chi connectivity index (χ1) is 14.2. The van der Waals surface area contributed by atoms with Gasteiger partial charge in [0.2, 0.25) is 5.91 Å². The summed E-state index contributed by atoms with van der Waals surface area (Å²) in [5.74, 6) is 0.588. The number of rotatable bonds is 7. The Morgan fingerprint density at radius 3 is 2.63 bits per heavy atom. The molecule has 2 aromatic carbocycles. The fourth-order valence-electron chi connectivity index (χ4n) is 3.20. The Balaban J connectivity index is 0.00000320. The lowest BCUT2D eigenvalue weighted by atomic mass is 10.1. The van der Waals surface area contributed by atoms with Crippen LogP contribution in [0.1, 0.15) is 18.1 Å². The smallest absolute Gasteiger partial charge is 0.239 e. The van der Waals surface area contributed by atoms with Crippen LogP contribution in [-0.2, 0) is 17.8 Å². The van der Waals surface area contributed by atoms with Crippen molar-refractivity contribution in [3.8, 4) is 0 Å². The number of nitrogens with one attached hydrogen (secondary N) is 3. The lowest BCUT2D eigenvalue weighted by molar-refractivity contribution is -0.120. The van der Waals surface area contributed by atoms with Crippen molar-refractivity contribution in [2.75, 3.05) is 37.6 Å². The van der Waals surface area contributed by atoms with Gasteiger partial charge in [-0.15, -0.1) is 24.0 Å². The summed E-state index contributed by atoms with van der Waals surface area (Å²) >= 11 is 0. The number of aliphatic imine (C=N–C) groups is 1. The Morgan fingerprint density at radius 1 is 1.17 bits per heavy atom. The van der Waals surface area contributed by atoms with Gasteiger partial charge in [-0.3, -0.25) is 4.79 Å². The Kier molecular flexibility index (Phi) is 9.85. The van der Waals surface area contributed by atoms with Crippen LogP contribution in [-0.4, -0.2) is 44.6 Å². The molecule has 0 atom stereocenters. The van der Waals surface area contributed by atoms with E-state index >= 15 is 0 Å². The van der Waals surface area contributed by atoms with Crippen LogP contribution in [0.25, 0.3) is 0 Å². The second-order valence-electron chi connectivity index (χ2n) is 6.90. The van der Waals surface area contributed by atoms with Crippen LogP contribution in [0.15, 0.2) is 53.5 Å². The molecular formula is C22H29FIN5O. The van der Waals surface area contributed by atoms with Crippen molar-refractivity contribution in [1.29, 1.82) is 0 Å². The van der Waals surface area contributed by atoms with Crippen LogP contribution in [0.5, 0.6) is 0 Å². The highest BCUT2D eigenvalue weighted by atomic mass is 127. The van der Waals surface area contributed by atoms with Crippen LogP contribution in [0.3, 0.4) is 0 Å². The molecule has 30 heavy (non-hydrogen) atoms. The predicted molar refractivity (Wildman–Crippen MR) is 130 cm³/mol. The Morgan fingerprint density at radius 2 is 1.93 bits per heavy atom. The third-order valence-electron chi connectivity index (χ3n) is 4.75. The van der Waals surface area contributed by atoms with Gasteiger partial charge in [0, 0.05) is 31.9 Å². The first-order valence-electron chi connectivity index (χ1n) is 10.0. The molecule has 3 N–H and O–H groups in total. The van der Waals surface area contributed by atoms with Crippen LogP contribution in [0.4, 0.5) is 10.1 Å². The number of piperazine rings is 1. The quantitative estimate of drug-likeness (QED) is 0.296. The molecule has 3 rings (SSSR count). The third-order valence-corrected chi connectivity index (χ3v) is 4.75. The molecule has 6 nitrogen and oxygen atoms in total. The molecule has 0 aromatic heterocycles. The van der Waals surface area contributed by atoms with Gasteiger partial charge >= 0.3 is 0 Å². The van der Waals surface area contributed by atoms with Gasteiger partial charge in [0.15, 0.2) is 5.96 Å². The normalized spacial score (nSPS) is 14.0. The summed E-state index contributed by atoms with van der Waals surface area (Å²) in [6, 6.07) is 15.0. The van der Waals surface area contributed by atoms with Crippen LogP contribution < -0.4 is 20.9 Å². The minimum Gasteiger partial charge on any atom is -0.360 e. The zero-order valence-electron chi connectivity index (χ0n) is 17.2. The number of hydrogen-bond donors (Lipinski definition) is 3. The minimum atomic E-state index is -0.178. The number of halogens is 2. The molecule has 0 aliphatic carbocycles. The number of benzene rings is 2. The minimum absolute atomic E-state index is 0. The molecule has 0 radical (unpaired) electrons. The topological polar surface area (TPSA) is 68.8 Å². The van der Waals surface area contributed by atoms with Gasteiger partial charge < -0.3 is 20.9 Å². The highest BCUT2D eigenvalue weighted by molar-refractivity contribution is 14.0. The third kappa shape index (κ3) is 7.16. The second kappa shape index (κ2) is 12.4. The Hall–Kier alpha value is -2.36. The predicted octanol–water partition coefficient (Wildman–Crippen LogP) is 2.68. The average Bonchev–Trinajstić information content (AvgIpc) is 2.74. The van der Waals surface area contributed by atoms with Gasteiger partial charge in [-0.05, 0) is 42.7 Å². The molecule has 0 spiro atoms. The molecule has 1 aliphatic rings. The fourth-order valence-corrected chi connectivity index (χ4v) is 3.20. The molecule has 162 valence electrons. The lowest BCUT2D eigenvalue weighted by Gasteiger charge is -2.28. The molecular weight excluding hydrogens is 496 g/mol. The van der Waals surface area contributed by atoms with Crippen molar-refractivity contribution in [3.05, 3.63) is 65.5 Å². The molecule has 1 heterocycles. The van der Waals surface area contributed by atoms with Crippen LogP contribution in [0.2, 0.25) is 0 Å². The maximum absolute atomic E-state index is 13.7. The van der Waals surface area contributed by atoms with Crippen molar-refractivity contribution in [2.45, 2.75) is 19.9 Å². The molecule has 1 aliphatic heterocycles. The highest BCUT2D eigenvalue weighted by Crippen LogP contribution is 2.16. The van der Waals surface area contributed by atoms with E-state index in [0.717, 1.165) is 24.3 Å². The molecule has 1 amide bonds. The Labute approximate surface area is 194 Å². The summed E-state index contributed by atoms with van der Waals surface area (Å²) in [7, 11) is 0. The van der Waals surface area contributed by atoms with E-state index < -0.39 is 0 Å². The molecule has 1 fully saturated rings. The first kappa shape index (κ1) is 23.9. The lowest BCUT2D eigenvalue weighted by Crippen LogP contribution is -2.47. The SMILES string of the molecule is CCNC(=NCc1ccc(N2CCNC(=O)C2)cc1)NCCc1ccccc1F.I.